The quantitative estimate of drug-likeness (QED) is 0.377. The molecule has 0 saturated carbocycles. The zero-order chi connectivity index (χ0) is 21.6. The molecule has 0 aliphatic carbocycles. The molecule has 8 atom stereocenters. The zero-order valence-electron chi connectivity index (χ0n) is 17.2. The summed E-state index contributed by atoms with van der Waals surface area (Å²) in [6, 6.07) is 0. The van der Waals surface area contributed by atoms with Crippen LogP contribution >= 0.6 is 0 Å². The molecule has 0 aromatic heterocycles. The molecule has 1 unspecified atom stereocenters. The number of rotatable bonds is 6. The van der Waals surface area contributed by atoms with Gasteiger partial charge < -0.3 is 29.9 Å². The summed E-state index contributed by atoms with van der Waals surface area (Å²) >= 11 is 0. The monoisotopic (exact) mass is 402 g/mol. The van der Waals surface area contributed by atoms with Crippen LogP contribution in [0.4, 0.5) is 0 Å². The van der Waals surface area contributed by atoms with E-state index in [9.17, 15) is 30.0 Å². The minimum absolute atomic E-state index is 0.519. The van der Waals surface area contributed by atoms with Gasteiger partial charge in [-0.15, -0.1) is 0 Å². The fraction of sp³-hybridized carbons (Fsp3) is 0.800. The van der Waals surface area contributed by atoms with Crippen molar-refractivity contribution >= 4 is 11.9 Å². The van der Waals surface area contributed by atoms with Crippen LogP contribution < -0.4 is 0 Å². The van der Waals surface area contributed by atoms with E-state index in [1.807, 2.05) is 6.92 Å². The Hall–Kier alpha value is -1.48. The molecular weight excluding hydrogens is 368 g/mol. The Morgan fingerprint density at radius 2 is 1.89 bits per heavy atom. The second-order valence-corrected chi connectivity index (χ2v) is 7.88. The molecule has 1 heterocycles. The van der Waals surface area contributed by atoms with Crippen molar-refractivity contribution in [3.8, 4) is 0 Å². The molecule has 4 N–H and O–H groups in total. The molecule has 8 heteroatoms. The Kier molecular flexibility index (Phi) is 9.07. The van der Waals surface area contributed by atoms with Gasteiger partial charge in [-0.1, -0.05) is 26.7 Å². The van der Waals surface area contributed by atoms with Crippen LogP contribution in [0.1, 0.15) is 53.9 Å². The van der Waals surface area contributed by atoms with E-state index in [2.05, 4.69) is 0 Å². The fourth-order valence-electron chi connectivity index (χ4n) is 3.38. The highest BCUT2D eigenvalue weighted by Crippen LogP contribution is 2.32. The van der Waals surface area contributed by atoms with E-state index >= 15 is 0 Å². The largest absolute Gasteiger partial charge is 0.458 e. The summed E-state index contributed by atoms with van der Waals surface area (Å²) in [5.74, 6) is -3.47. The Bertz CT molecular complexity index is 558. The van der Waals surface area contributed by atoms with Crippen molar-refractivity contribution in [3.63, 3.8) is 0 Å². The third kappa shape index (κ3) is 6.01. The summed E-state index contributed by atoms with van der Waals surface area (Å²) in [4.78, 5) is 24.4. The number of aliphatic hydroxyl groups is 4. The van der Waals surface area contributed by atoms with Crippen LogP contribution in [0.5, 0.6) is 0 Å². The van der Waals surface area contributed by atoms with Gasteiger partial charge in [-0.05, 0) is 33.3 Å². The third-order valence-corrected chi connectivity index (χ3v) is 5.38. The normalized spacial score (nSPS) is 38.2. The lowest BCUT2D eigenvalue weighted by Crippen LogP contribution is -2.57. The van der Waals surface area contributed by atoms with Crippen molar-refractivity contribution in [2.75, 3.05) is 0 Å². The molecule has 162 valence electrons. The molecule has 1 rings (SSSR count). The van der Waals surface area contributed by atoms with Gasteiger partial charge in [-0.2, -0.15) is 0 Å². The number of carbonyl (C=O) groups excluding carboxylic acids is 2. The van der Waals surface area contributed by atoms with Gasteiger partial charge in [0.25, 0.3) is 0 Å². The Balaban J connectivity index is 3.00. The highest BCUT2D eigenvalue weighted by atomic mass is 16.6. The van der Waals surface area contributed by atoms with E-state index in [-0.39, 0.29) is 0 Å². The summed E-state index contributed by atoms with van der Waals surface area (Å²) in [6.45, 7) is 7.64. The van der Waals surface area contributed by atoms with Crippen molar-refractivity contribution in [2.45, 2.75) is 90.0 Å². The first-order valence-electron chi connectivity index (χ1n) is 9.79. The average molecular weight is 402 g/mol. The average Bonchev–Trinajstić information content (AvgIpc) is 2.66. The van der Waals surface area contributed by atoms with Crippen LogP contribution in [0.15, 0.2) is 12.2 Å². The lowest BCUT2D eigenvalue weighted by molar-refractivity contribution is -0.180. The predicted octanol–water partition coefficient (Wildman–Crippen LogP) is 0.696. The Morgan fingerprint density at radius 1 is 1.29 bits per heavy atom. The zero-order valence-corrected chi connectivity index (χ0v) is 17.2. The van der Waals surface area contributed by atoms with Gasteiger partial charge in [0.05, 0.1) is 24.2 Å². The third-order valence-electron chi connectivity index (χ3n) is 5.38. The van der Waals surface area contributed by atoms with Gasteiger partial charge in [0.2, 0.25) is 0 Å². The van der Waals surface area contributed by atoms with Crippen LogP contribution in [-0.4, -0.2) is 68.5 Å². The highest BCUT2D eigenvalue weighted by Gasteiger charge is 2.50. The minimum atomic E-state index is -2.02. The number of aliphatic hydroxyl groups excluding tert-OH is 3. The van der Waals surface area contributed by atoms with Crippen LogP contribution in [0.25, 0.3) is 0 Å². The number of hydrogen-bond donors (Lipinski definition) is 4. The van der Waals surface area contributed by atoms with Crippen LogP contribution in [0.3, 0.4) is 0 Å². The van der Waals surface area contributed by atoms with Crippen molar-refractivity contribution in [1.82, 2.24) is 0 Å². The number of hydrogen-bond acceptors (Lipinski definition) is 8. The van der Waals surface area contributed by atoms with Crippen molar-refractivity contribution in [2.24, 2.45) is 11.8 Å². The van der Waals surface area contributed by atoms with Crippen LogP contribution in [-0.2, 0) is 19.1 Å². The fourth-order valence-corrected chi connectivity index (χ4v) is 3.38. The SMILES string of the molecule is CCCCC(O)/C=C/C(=O)O[C@H]1[C@@H](C)[C@H](O)[C@@](C)(O)[C@H](O)[C@H](C)C(=O)O[C@H]1C. The smallest absolute Gasteiger partial charge is 0.330 e. The summed E-state index contributed by atoms with van der Waals surface area (Å²) < 4.78 is 10.7. The molecule has 0 aromatic carbocycles. The molecule has 1 fully saturated rings. The second kappa shape index (κ2) is 10.3. The number of cyclic esters (lactones) is 1. The van der Waals surface area contributed by atoms with Gasteiger partial charge in [-0.25, -0.2) is 4.79 Å². The lowest BCUT2D eigenvalue weighted by atomic mass is 9.78. The molecule has 28 heavy (non-hydrogen) atoms. The van der Waals surface area contributed by atoms with Crippen molar-refractivity contribution in [1.29, 1.82) is 0 Å². The van der Waals surface area contributed by atoms with E-state index in [4.69, 9.17) is 9.47 Å². The molecule has 1 saturated heterocycles. The Morgan fingerprint density at radius 3 is 2.46 bits per heavy atom. The maximum Gasteiger partial charge on any atom is 0.330 e. The van der Waals surface area contributed by atoms with Gasteiger partial charge in [-0.3, -0.25) is 4.79 Å². The summed E-state index contributed by atoms with van der Waals surface area (Å²) in [7, 11) is 0. The van der Waals surface area contributed by atoms with E-state index < -0.39 is 59.9 Å². The van der Waals surface area contributed by atoms with Crippen LogP contribution in [0.2, 0.25) is 0 Å². The highest BCUT2D eigenvalue weighted by molar-refractivity contribution is 5.82. The number of ether oxygens (including phenoxy) is 2. The van der Waals surface area contributed by atoms with Crippen molar-refractivity contribution < 1.29 is 39.5 Å². The topological polar surface area (TPSA) is 134 Å². The predicted molar refractivity (Wildman–Crippen MR) is 101 cm³/mol. The van der Waals surface area contributed by atoms with Gasteiger partial charge in [0.1, 0.15) is 17.8 Å². The minimum Gasteiger partial charge on any atom is -0.458 e. The number of carbonyl (C=O) groups is 2. The van der Waals surface area contributed by atoms with E-state index in [1.165, 1.54) is 33.8 Å². The van der Waals surface area contributed by atoms with E-state index in [0.29, 0.717) is 6.42 Å². The number of unbranched alkanes of at least 4 members (excludes halogenated alkanes) is 1. The first-order chi connectivity index (χ1) is 12.9. The molecular formula is C20H34O8. The summed E-state index contributed by atoms with van der Waals surface area (Å²) in [6.07, 6.45) is -1.13. The second-order valence-electron chi connectivity index (χ2n) is 7.88. The van der Waals surface area contributed by atoms with Gasteiger partial charge in [0, 0.05) is 12.0 Å². The molecule has 8 nitrogen and oxygen atoms in total. The maximum atomic E-state index is 12.2. The molecule has 0 aromatic rings. The summed E-state index contributed by atoms with van der Waals surface area (Å²) in [5, 5.41) is 41.3. The first kappa shape index (κ1) is 24.6. The molecule has 1 aliphatic rings. The first-order valence-corrected chi connectivity index (χ1v) is 9.79. The van der Waals surface area contributed by atoms with Gasteiger partial charge >= 0.3 is 11.9 Å². The molecule has 0 bridgehead atoms. The molecule has 0 radical (unpaired) electrons. The lowest BCUT2D eigenvalue weighted by Gasteiger charge is -2.39. The Labute approximate surface area is 166 Å². The van der Waals surface area contributed by atoms with E-state index in [0.717, 1.165) is 18.9 Å². The molecule has 1 aliphatic heterocycles. The van der Waals surface area contributed by atoms with Gasteiger partial charge in [0.15, 0.2) is 0 Å². The van der Waals surface area contributed by atoms with E-state index in [1.54, 1.807) is 0 Å². The van der Waals surface area contributed by atoms with Crippen molar-refractivity contribution in [3.05, 3.63) is 12.2 Å². The standard InChI is InChI=1S/C20H34O8/c1-6-7-8-14(21)9-10-15(22)28-16-11(2)17(23)20(5,26)18(24)12(3)19(25)27-13(16)4/h9-14,16-18,21,23-24,26H,6-8H2,1-5H3/b10-9+/t11-,12+,13+,14?,16+,17+,18-,20-/m1/s1. The maximum absolute atomic E-state index is 12.2. The molecule has 0 spiro atoms. The number of esters is 2. The van der Waals surface area contributed by atoms with Crippen LogP contribution in [0, 0.1) is 11.8 Å². The molecule has 0 amide bonds. The summed E-state index contributed by atoms with van der Waals surface area (Å²) in [5.41, 5.74) is -2.02.